The molecule has 1 aliphatic heterocycles. The summed E-state index contributed by atoms with van der Waals surface area (Å²) in [5, 5.41) is 31.3. The Balaban J connectivity index is 1.90. The molecule has 0 saturated carbocycles. The van der Waals surface area contributed by atoms with Crippen LogP contribution in [0.3, 0.4) is 0 Å². The molecule has 0 spiro atoms. The molecular weight excluding hydrogens is 296 g/mol. The van der Waals surface area contributed by atoms with E-state index >= 15 is 0 Å². The van der Waals surface area contributed by atoms with E-state index in [1.165, 1.54) is 6.07 Å². The third-order valence-electron chi connectivity index (χ3n) is 4.44. The third kappa shape index (κ3) is 4.67. The van der Waals surface area contributed by atoms with Crippen molar-refractivity contribution in [2.45, 2.75) is 25.8 Å². The molecule has 1 aromatic rings. The molecule has 23 heavy (non-hydrogen) atoms. The summed E-state index contributed by atoms with van der Waals surface area (Å²) in [5.74, 6) is -0.0107. The number of piperidine rings is 1. The fourth-order valence-corrected chi connectivity index (χ4v) is 3.05. The maximum absolute atomic E-state index is 12.2. The highest BCUT2D eigenvalue weighted by Crippen LogP contribution is 2.20. The number of amides is 1. The standard InChI is InChI=1S/C17H26N2O4/c1-12-4-5-16(22)15(7-12)17(23)18-8-13-3-2-6-19(9-13)14(10-20)11-21/h4-5,7,13-14,20-22H,2-3,6,8-11H2,1H3,(H,18,23)/t13-/m0/s1. The van der Waals surface area contributed by atoms with Gasteiger partial charge < -0.3 is 20.6 Å². The molecule has 2 rings (SSSR count). The number of benzene rings is 1. The summed E-state index contributed by atoms with van der Waals surface area (Å²) in [4.78, 5) is 14.3. The molecule has 0 aromatic heterocycles. The molecule has 1 aromatic carbocycles. The lowest BCUT2D eigenvalue weighted by molar-refractivity contribution is 0.0437. The van der Waals surface area contributed by atoms with E-state index in [1.807, 2.05) is 6.92 Å². The Morgan fingerprint density at radius 3 is 2.83 bits per heavy atom. The molecule has 1 fully saturated rings. The van der Waals surface area contributed by atoms with Crippen LogP contribution >= 0.6 is 0 Å². The Labute approximate surface area is 136 Å². The first kappa shape index (κ1) is 17.7. The first-order valence-electron chi connectivity index (χ1n) is 8.08. The highest BCUT2D eigenvalue weighted by Gasteiger charge is 2.25. The third-order valence-corrected chi connectivity index (χ3v) is 4.44. The van der Waals surface area contributed by atoms with Crippen LogP contribution in [0.1, 0.15) is 28.8 Å². The van der Waals surface area contributed by atoms with Gasteiger partial charge >= 0.3 is 0 Å². The van der Waals surface area contributed by atoms with Crippen LogP contribution in [-0.2, 0) is 0 Å². The van der Waals surface area contributed by atoms with E-state index in [-0.39, 0.29) is 36.8 Å². The van der Waals surface area contributed by atoms with E-state index in [1.54, 1.807) is 12.1 Å². The molecule has 1 aliphatic rings. The number of phenolic OH excluding ortho intramolecular Hbond substituents is 1. The second-order valence-corrected chi connectivity index (χ2v) is 6.25. The number of aliphatic hydroxyl groups is 2. The smallest absolute Gasteiger partial charge is 0.255 e. The number of hydrogen-bond acceptors (Lipinski definition) is 5. The van der Waals surface area contributed by atoms with Crippen LogP contribution in [-0.4, -0.2) is 65.0 Å². The fourth-order valence-electron chi connectivity index (χ4n) is 3.05. The number of aliphatic hydroxyl groups excluding tert-OH is 2. The zero-order chi connectivity index (χ0) is 16.8. The van der Waals surface area contributed by atoms with Gasteiger partial charge in [0, 0.05) is 13.1 Å². The van der Waals surface area contributed by atoms with Crippen LogP contribution in [0, 0.1) is 12.8 Å². The van der Waals surface area contributed by atoms with Gasteiger partial charge in [-0.1, -0.05) is 11.6 Å². The Bertz CT molecular complexity index is 531. The quantitative estimate of drug-likeness (QED) is 0.612. The lowest BCUT2D eigenvalue weighted by Gasteiger charge is -2.36. The summed E-state index contributed by atoms with van der Waals surface area (Å²) >= 11 is 0. The summed E-state index contributed by atoms with van der Waals surface area (Å²) in [7, 11) is 0. The molecule has 1 heterocycles. The van der Waals surface area contributed by atoms with Crippen molar-refractivity contribution in [1.82, 2.24) is 10.2 Å². The van der Waals surface area contributed by atoms with Crippen LogP contribution < -0.4 is 5.32 Å². The summed E-state index contributed by atoms with van der Waals surface area (Å²) < 4.78 is 0. The number of likely N-dealkylation sites (tertiary alicyclic amines) is 1. The van der Waals surface area contributed by atoms with Gasteiger partial charge in [-0.25, -0.2) is 0 Å². The van der Waals surface area contributed by atoms with Gasteiger partial charge in [-0.2, -0.15) is 0 Å². The van der Waals surface area contributed by atoms with Gasteiger partial charge in [0.15, 0.2) is 0 Å². The summed E-state index contributed by atoms with van der Waals surface area (Å²) in [6.07, 6.45) is 1.98. The number of aryl methyl sites for hydroxylation is 1. The average molecular weight is 322 g/mol. The monoisotopic (exact) mass is 322 g/mol. The number of rotatable bonds is 6. The van der Waals surface area contributed by atoms with Gasteiger partial charge in [0.1, 0.15) is 5.75 Å². The van der Waals surface area contributed by atoms with Gasteiger partial charge in [0.05, 0.1) is 24.8 Å². The van der Waals surface area contributed by atoms with Gasteiger partial charge in [-0.3, -0.25) is 9.69 Å². The zero-order valence-electron chi connectivity index (χ0n) is 13.5. The maximum Gasteiger partial charge on any atom is 0.255 e. The van der Waals surface area contributed by atoms with Crippen LogP contribution in [0.2, 0.25) is 0 Å². The number of hydrogen-bond donors (Lipinski definition) is 4. The minimum atomic E-state index is -0.274. The Hall–Kier alpha value is -1.63. The van der Waals surface area contributed by atoms with Crippen LogP contribution in [0.5, 0.6) is 5.75 Å². The number of nitrogens with one attached hydrogen (secondary N) is 1. The lowest BCUT2D eigenvalue weighted by atomic mass is 9.96. The molecule has 1 atom stereocenters. The molecule has 6 heteroatoms. The van der Waals surface area contributed by atoms with Crippen molar-refractivity contribution < 1.29 is 20.1 Å². The Morgan fingerprint density at radius 2 is 2.13 bits per heavy atom. The van der Waals surface area contributed by atoms with E-state index in [2.05, 4.69) is 10.2 Å². The van der Waals surface area contributed by atoms with Gasteiger partial charge in [-0.15, -0.1) is 0 Å². The molecule has 0 unspecified atom stereocenters. The number of nitrogens with zero attached hydrogens (tertiary/aromatic N) is 1. The molecule has 0 radical (unpaired) electrons. The Morgan fingerprint density at radius 1 is 1.39 bits per heavy atom. The lowest BCUT2D eigenvalue weighted by Crippen LogP contribution is -2.48. The summed E-state index contributed by atoms with van der Waals surface area (Å²) in [5.41, 5.74) is 1.21. The van der Waals surface area contributed by atoms with Gasteiger partial charge in [-0.05, 0) is 44.4 Å². The fraction of sp³-hybridized carbons (Fsp3) is 0.588. The largest absolute Gasteiger partial charge is 0.507 e. The van der Waals surface area contributed by atoms with Crippen LogP contribution in [0.4, 0.5) is 0 Å². The van der Waals surface area contributed by atoms with E-state index < -0.39 is 0 Å². The van der Waals surface area contributed by atoms with Crippen LogP contribution in [0.15, 0.2) is 18.2 Å². The minimum Gasteiger partial charge on any atom is -0.507 e. The molecule has 1 saturated heterocycles. The zero-order valence-corrected chi connectivity index (χ0v) is 13.5. The number of carbonyl (C=O) groups excluding carboxylic acids is 1. The first-order valence-corrected chi connectivity index (χ1v) is 8.08. The molecule has 0 aliphatic carbocycles. The number of phenols is 1. The molecule has 0 bridgehead atoms. The van der Waals surface area contributed by atoms with Crippen molar-refractivity contribution in [2.24, 2.45) is 5.92 Å². The molecule has 6 nitrogen and oxygen atoms in total. The molecular formula is C17H26N2O4. The van der Waals surface area contributed by atoms with Crippen molar-refractivity contribution in [2.75, 3.05) is 32.8 Å². The average Bonchev–Trinajstić information content (AvgIpc) is 2.56. The molecule has 128 valence electrons. The SMILES string of the molecule is Cc1ccc(O)c(C(=O)NC[C@@H]2CCCN(C(CO)CO)C2)c1. The van der Waals surface area contributed by atoms with Crippen molar-refractivity contribution in [1.29, 1.82) is 0 Å². The van der Waals surface area contributed by atoms with Crippen molar-refractivity contribution in [3.05, 3.63) is 29.3 Å². The first-order chi connectivity index (χ1) is 11.0. The second kappa shape index (κ2) is 8.29. The summed E-state index contributed by atoms with van der Waals surface area (Å²) in [6.45, 7) is 3.87. The highest BCUT2D eigenvalue weighted by molar-refractivity contribution is 5.96. The van der Waals surface area contributed by atoms with Gasteiger partial charge in [0.2, 0.25) is 0 Å². The molecule has 4 N–H and O–H groups in total. The Kier molecular flexibility index (Phi) is 6.38. The topological polar surface area (TPSA) is 93.0 Å². The number of carbonyl (C=O) groups is 1. The van der Waals surface area contributed by atoms with Crippen molar-refractivity contribution in [3.8, 4) is 5.75 Å². The minimum absolute atomic E-state index is 0.0148. The number of aromatic hydroxyl groups is 1. The van der Waals surface area contributed by atoms with E-state index in [0.717, 1.165) is 31.5 Å². The normalized spacial score (nSPS) is 19.0. The maximum atomic E-state index is 12.2. The predicted molar refractivity (Wildman–Crippen MR) is 87.4 cm³/mol. The van der Waals surface area contributed by atoms with Gasteiger partial charge in [0.25, 0.3) is 5.91 Å². The van der Waals surface area contributed by atoms with E-state index in [0.29, 0.717) is 12.1 Å². The van der Waals surface area contributed by atoms with Crippen molar-refractivity contribution in [3.63, 3.8) is 0 Å². The van der Waals surface area contributed by atoms with Crippen LogP contribution in [0.25, 0.3) is 0 Å². The van der Waals surface area contributed by atoms with E-state index in [9.17, 15) is 20.1 Å². The predicted octanol–water partition coefficient (Wildman–Crippen LogP) is 0.496. The second-order valence-electron chi connectivity index (χ2n) is 6.25. The molecule has 1 amide bonds. The van der Waals surface area contributed by atoms with Crippen molar-refractivity contribution >= 4 is 5.91 Å². The summed E-state index contributed by atoms with van der Waals surface area (Å²) in [6, 6.07) is 4.73. The van der Waals surface area contributed by atoms with E-state index in [4.69, 9.17) is 0 Å². The highest BCUT2D eigenvalue weighted by atomic mass is 16.3.